The third-order valence-electron chi connectivity index (χ3n) is 2.82. The molecule has 0 aromatic carbocycles. The summed E-state index contributed by atoms with van der Waals surface area (Å²) in [5, 5.41) is 7.09. The standard InChI is InChI=1S/C16H24N4O3/c1-6-7-9-20-14(21)11-13(12-18-20)17-8-10-19(5)15(22)23-16(2,3)4/h1,11-12,17H,7-10H2,2-5H3. The lowest BCUT2D eigenvalue weighted by atomic mass is 10.2. The highest BCUT2D eigenvalue weighted by Crippen LogP contribution is 2.09. The molecule has 0 fully saturated rings. The molecule has 0 saturated heterocycles. The summed E-state index contributed by atoms with van der Waals surface area (Å²) in [7, 11) is 1.66. The SMILES string of the molecule is C#CCCn1ncc(NCCN(C)C(=O)OC(C)(C)C)cc1=O. The number of hydrogen-bond donors (Lipinski definition) is 1. The maximum Gasteiger partial charge on any atom is 0.410 e. The van der Waals surface area contributed by atoms with E-state index in [1.165, 1.54) is 15.6 Å². The number of rotatable bonds is 6. The number of nitrogens with one attached hydrogen (secondary N) is 1. The lowest BCUT2D eigenvalue weighted by Gasteiger charge is -2.24. The molecule has 1 heterocycles. The van der Waals surface area contributed by atoms with Gasteiger partial charge in [-0.1, -0.05) is 0 Å². The van der Waals surface area contributed by atoms with Gasteiger partial charge in [0.25, 0.3) is 5.56 Å². The third kappa shape index (κ3) is 6.87. The van der Waals surface area contributed by atoms with Crippen LogP contribution in [0.1, 0.15) is 27.2 Å². The Morgan fingerprint density at radius 3 is 2.78 bits per heavy atom. The van der Waals surface area contributed by atoms with Crippen molar-refractivity contribution in [2.24, 2.45) is 0 Å². The fraction of sp³-hybridized carbons (Fsp3) is 0.562. The maximum absolute atomic E-state index is 11.8. The van der Waals surface area contributed by atoms with Crippen molar-refractivity contribution in [2.45, 2.75) is 39.3 Å². The van der Waals surface area contributed by atoms with Crippen LogP contribution >= 0.6 is 0 Å². The molecule has 7 heteroatoms. The van der Waals surface area contributed by atoms with E-state index in [-0.39, 0.29) is 11.7 Å². The van der Waals surface area contributed by atoms with E-state index in [0.29, 0.717) is 31.7 Å². The molecule has 0 aliphatic rings. The minimum atomic E-state index is -0.522. The number of hydrogen-bond acceptors (Lipinski definition) is 5. The molecule has 1 amide bonds. The number of likely N-dealkylation sites (N-methyl/N-ethyl adjacent to an activating group) is 1. The number of aromatic nitrogens is 2. The summed E-state index contributed by atoms with van der Waals surface area (Å²) in [5.41, 5.74) is -0.138. The van der Waals surface area contributed by atoms with Crippen molar-refractivity contribution in [3.05, 3.63) is 22.6 Å². The second-order valence-electron chi connectivity index (χ2n) is 6.09. The van der Waals surface area contributed by atoms with E-state index in [2.05, 4.69) is 16.3 Å². The number of terminal acetylenes is 1. The van der Waals surface area contributed by atoms with Gasteiger partial charge < -0.3 is 15.0 Å². The van der Waals surface area contributed by atoms with E-state index in [0.717, 1.165) is 0 Å². The van der Waals surface area contributed by atoms with E-state index < -0.39 is 5.60 Å². The van der Waals surface area contributed by atoms with Gasteiger partial charge >= 0.3 is 6.09 Å². The Kier molecular flexibility index (Phi) is 6.64. The predicted octanol–water partition coefficient (Wildman–Crippen LogP) is 1.55. The minimum absolute atomic E-state index is 0.217. The Morgan fingerprint density at radius 2 is 2.22 bits per heavy atom. The summed E-state index contributed by atoms with van der Waals surface area (Å²) >= 11 is 0. The zero-order valence-electron chi connectivity index (χ0n) is 14.1. The summed E-state index contributed by atoms with van der Waals surface area (Å²) in [4.78, 5) is 25.1. The number of carbonyl (C=O) groups is 1. The van der Waals surface area contributed by atoms with Crippen LogP contribution in [0.4, 0.5) is 10.5 Å². The minimum Gasteiger partial charge on any atom is -0.444 e. The van der Waals surface area contributed by atoms with E-state index in [9.17, 15) is 9.59 Å². The molecule has 0 aliphatic carbocycles. The number of nitrogens with zero attached hydrogens (tertiary/aromatic N) is 3. The zero-order valence-corrected chi connectivity index (χ0v) is 14.1. The Balaban J connectivity index is 2.47. The molecule has 1 aromatic rings. The first kappa shape index (κ1) is 18.6. The molecular weight excluding hydrogens is 296 g/mol. The molecule has 0 spiro atoms. The highest BCUT2D eigenvalue weighted by molar-refractivity contribution is 5.67. The van der Waals surface area contributed by atoms with Crippen LogP contribution in [-0.2, 0) is 11.3 Å². The van der Waals surface area contributed by atoms with Gasteiger partial charge in [0.15, 0.2) is 0 Å². The molecule has 1 rings (SSSR count). The molecule has 0 unspecified atom stereocenters. The smallest absolute Gasteiger partial charge is 0.410 e. The first-order valence-electron chi connectivity index (χ1n) is 7.41. The van der Waals surface area contributed by atoms with Crippen molar-refractivity contribution in [2.75, 3.05) is 25.5 Å². The van der Waals surface area contributed by atoms with Gasteiger partial charge in [-0.3, -0.25) is 4.79 Å². The van der Waals surface area contributed by atoms with Gasteiger partial charge in [0.1, 0.15) is 5.60 Å². The highest BCUT2D eigenvalue weighted by Gasteiger charge is 2.19. The van der Waals surface area contributed by atoms with Crippen LogP contribution in [0, 0.1) is 12.3 Å². The monoisotopic (exact) mass is 320 g/mol. The molecule has 1 aromatic heterocycles. The molecule has 23 heavy (non-hydrogen) atoms. The summed E-state index contributed by atoms with van der Waals surface area (Å²) in [6.45, 7) is 6.77. The molecule has 7 nitrogen and oxygen atoms in total. The Hall–Kier alpha value is -2.49. The first-order chi connectivity index (χ1) is 10.7. The molecule has 0 radical (unpaired) electrons. The van der Waals surface area contributed by atoms with Crippen LogP contribution in [0.3, 0.4) is 0 Å². The average molecular weight is 320 g/mol. The molecule has 0 atom stereocenters. The van der Waals surface area contributed by atoms with Crippen LogP contribution in [0.5, 0.6) is 0 Å². The number of aryl methyl sites for hydroxylation is 1. The molecular formula is C16H24N4O3. The van der Waals surface area contributed by atoms with E-state index >= 15 is 0 Å². The van der Waals surface area contributed by atoms with Crippen LogP contribution in [-0.4, -0.2) is 46.5 Å². The first-order valence-corrected chi connectivity index (χ1v) is 7.41. The van der Waals surface area contributed by atoms with Gasteiger partial charge in [0.05, 0.1) is 18.4 Å². The predicted molar refractivity (Wildman–Crippen MR) is 89.3 cm³/mol. The number of amides is 1. The topological polar surface area (TPSA) is 76.5 Å². The summed E-state index contributed by atoms with van der Waals surface area (Å²) in [6.07, 6.45) is 6.80. The van der Waals surface area contributed by atoms with Gasteiger partial charge in [-0.15, -0.1) is 12.3 Å². The van der Waals surface area contributed by atoms with Gasteiger partial charge in [-0.2, -0.15) is 5.10 Å². The molecule has 0 saturated carbocycles. The second kappa shape index (κ2) is 8.22. The van der Waals surface area contributed by atoms with E-state index in [1.807, 2.05) is 20.8 Å². The quantitative estimate of drug-likeness (QED) is 0.805. The highest BCUT2D eigenvalue weighted by atomic mass is 16.6. The van der Waals surface area contributed by atoms with Crippen LogP contribution in [0.25, 0.3) is 0 Å². The van der Waals surface area contributed by atoms with E-state index in [4.69, 9.17) is 11.2 Å². The zero-order chi connectivity index (χ0) is 17.5. The van der Waals surface area contributed by atoms with Gasteiger partial charge in [-0.25, -0.2) is 9.48 Å². The Bertz CT molecular complexity index is 625. The Labute approximate surface area is 136 Å². The van der Waals surface area contributed by atoms with Crippen molar-refractivity contribution in [1.82, 2.24) is 14.7 Å². The normalized spacial score (nSPS) is 10.7. The van der Waals surface area contributed by atoms with Gasteiger partial charge in [-0.05, 0) is 20.8 Å². The fourth-order valence-corrected chi connectivity index (χ4v) is 1.67. The second-order valence-corrected chi connectivity index (χ2v) is 6.09. The van der Waals surface area contributed by atoms with E-state index in [1.54, 1.807) is 13.2 Å². The van der Waals surface area contributed by atoms with Crippen molar-refractivity contribution in [3.63, 3.8) is 0 Å². The fourth-order valence-electron chi connectivity index (χ4n) is 1.67. The van der Waals surface area contributed by atoms with Crippen molar-refractivity contribution < 1.29 is 9.53 Å². The summed E-state index contributed by atoms with van der Waals surface area (Å²) < 4.78 is 6.57. The average Bonchev–Trinajstić information content (AvgIpc) is 2.44. The molecule has 1 N–H and O–H groups in total. The third-order valence-corrected chi connectivity index (χ3v) is 2.82. The lowest BCUT2D eigenvalue weighted by Crippen LogP contribution is -2.36. The van der Waals surface area contributed by atoms with Crippen LogP contribution in [0.2, 0.25) is 0 Å². The number of carbonyl (C=O) groups excluding carboxylic acids is 1. The van der Waals surface area contributed by atoms with Crippen molar-refractivity contribution >= 4 is 11.8 Å². The summed E-state index contributed by atoms with van der Waals surface area (Å²) in [5.74, 6) is 2.47. The van der Waals surface area contributed by atoms with Crippen molar-refractivity contribution in [1.29, 1.82) is 0 Å². The number of ether oxygens (including phenoxy) is 1. The lowest BCUT2D eigenvalue weighted by molar-refractivity contribution is 0.0305. The number of anilines is 1. The molecule has 0 aliphatic heterocycles. The van der Waals surface area contributed by atoms with Crippen LogP contribution in [0.15, 0.2) is 17.1 Å². The van der Waals surface area contributed by atoms with Gasteiger partial charge in [0, 0.05) is 32.6 Å². The summed E-state index contributed by atoms with van der Waals surface area (Å²) in [6, 6.07) is 1.46. The molecule has 126 valence electrons. The van der Waals surface area contributed by atoms with Gasteiger partial charge in [0.2, 0.25) is 0 Å². The van der Waals surface area contributed by atoms with Crippen LogP contribution < -0.4 is 10.9 Å². The van der Waals surface area contributed by atoms with Crippen molar-refractivity contribution in [3.8, 4) is 12.3 Å². The maximum atomic E-state index is 11.8. The molecule has 0 bridgehead atoms. The Morgan fingerprint density at radius 1 is 1.52 bits per heavy atom. The largest absolute Gasteiger partial charge is 0.444 e.